The third-order valence-electron chi connectivity index (χ3n) is 4.10. The van der Waals surface area contributed by atoms with Crippen LogP contribution in [-0.4, -0.2) is 55.5 Å². The molecule has 0 bridgehead atoms. The lowest BCUT2D eigenvalue weighted by Gasteiger charge is -2.33. The van der Waals surface area contributed by atoms with Crippen LogP contribution in [0.4, 0.5) is 5.69 Å². The summed E-state index contributed by atoms with van der Waals surface area (Å²) in [6.45, 7) is 7.10. The van der Waals surface area contributed by atoms with Crippen molar-refractivity contribution in [1.82, 2.24) is 15.5 Å². The molecule has 24 heavy (non-hydrogen) atoms. The lowest BCUT2D eigenvalue weighted by Crippen LogP contribution is -2.53. The van der Waals surface area contributed by atoms with Crippen molar-refractivity contribution >= 4 is 29.9 Å². The minimum absolute atomic E-state index is 0. The quantitative estimate of drug-likeness (QED) is 0.713. The predicted octanol–water partition coefficient (Wildman–Crippen LogP) is 1.02. The number of nitrogens with zero attached hydrogens (tertiary/aromatic N) is 1. The van der Waals surface area contributed by atoms with Gasteiger partial charge in [-0.05, 0) is 25.0 Å². The third-order valence-corrected chi connectivity index (χ3v) is 4.10. The summed E-state index contributed by atoms with van der Waals surface area (Å²) in [6.07, 6.45) is 0.851. The van der Waals surface area contributed by atoms with E-state index in [-0.39, 0.29) is 30.8 Å². The number of benzene rings is 1. The van der Waals surface area contributed by atoms with E-state index >= 15 is 0 Å². The maximum atomic E-state index is 12.0. The van der Waals surface area contributed by atoms with Crippen molar-refractivity contribution in [2.24, 2.45) is 0 Å². The SMILES string of the molecule is CCc1ccccc1NC(=O)CNC(=O)CN1CCNC[C@H]1C.Cl. The minimum atomic E-state index is -0.201. The predicted molar refractivity (Wildman–Crippen MR) is 98.6 cm³/mol. The Morgan fingerprint density at radius 1 is 1.29 bits per heavy atom. The second-order valence-electron chi connectivity index (χ2n) is 5.86. The largest absolute Gasteiger partial charge is 0.346 e. The Balaban J connectivity index is 0.00000288. The number of nitrogens with one attached hydrogen (secondary N) is 3. The molecule has 1 fully saturated rings. The van der Waals surface area contributed by atoms with Gasteiger partial charge < -0.3 is 16.0 Å². The Morgan fingerprint density at radius 2 is 2.04 bits per heavy atom. The Hall–Kier alpha value is -1.63. The van der Waals surface area contributed by atoms with E-state index in [1.165, 1.54) is 0 Å². The zero-order valence-corrected chi connectivity index (χ0v) is 15.1. The number of anilines is 1. The fraction of sp³-hybridized carbons (Fsp3) is 0.529. The zero-order valence-electron chi connectivity index (χ0n) is 14.3. The van der Waals surface area contributed by atoms with Gasteiger partial charge in [0.25, 0.3) is 0 Å². The molecule has 0 radical (unpaired) electrons. The van der Waals surface area contributed by atoms with Crippen molar-refractivity contribution in [3.63, 3.8) is 0 Å². The first-order valence-corrected chi connectivity index (χ1v) is 8.19. The first kappa shape index (κ1) is 20.4. The molecule has 1 saturated heterocycles. The normalized spacial score (nSPS) is 17.7. The molecule has 3 N–H and O–H groups in total. The second-order valence-corrected chi connectivity index (χ2v) is 5.86. The number of aryl methyl sites for hydroxylation is 1. The van der Waals surface area contributed by atoms with Gasteiger partial charge in [-0.25, -0.2) is 0 Å². The molecule has 1 aliphatic rings. The molecule has 134 valence electrons. The van der Waals surface area contributed by atoms with Crippen LogP contribution in [0.2, 0.25) is 0 Å². The Morgan fingerprint density at radius 3 is 2.75 bits per heavy atom. The van der Waals surface area contributed by atoms with Crippen molar-refractivity contribution < 1.29 is 9.59 Å². The van der Waals surface area contributed by atoms with Crippen LogP contribution in [0.5, 0.6) is 0 Å². The van der Waals surface area contributed by atoms with Gasteiger partial charge in [0, 0.05) is 31.4 Å². The molecule has 1 aliphatic heterocycles. The molecule has 0 spiro atoms. The van der Waals surface area contributed by atoms with Gasteiger partial charge in [-0.1, -0.05) is 25.1 Å². The highest BCUT2D eigenvalue weighted by Crippen LogP contribution is 2.14. The number of carbonyl (C=O) groups excluding carboxylic acids is 2. The molecule has 0 unspecified atom stereocenters. The van der Waals surface area contributed by atoms with Gasteiger partial charge in [0.2, 0.25) is 11.8 Å². The van der Waals surface area contributed by atoms with Crippen LogP contribution in [-0.2, 0) is 16.0 Å². The average Bonchev–Trinajstić information content (AvgIpc) is 2.55. The average molecular weight is 355 g/mol. The summed E-state index contributed by atoms with van der Waals surface area (Å²) < 4.78 is 0. The molecule has 0 saturated carbocycles. The van der Waals surface area contributed by atoms with E-state index in [1.807, 2.05) is 31.2 Å². The smallest absolute Gasteiger partial charge is 0.243 e. The second kappa shape index (κ2) is 10.3. The summed E-state index contributed by atoms with van der Waals surface area (Å²) in [5.41, 5.74) is 1.90. The highest BCUT2D eigenvalue weighted by Gasteiger charge is 2.20. The number of hydrogen-bond donors (Lipinski definition) is 3. The summed E-state index contributed by atoms with van der Waals surface area (Å²) in [6, 6.07) is 8.03. The first-order valence-electron chi connectivity index (χ1n) is 8.19. The number of para-hydroxylation sites is 1. The highest BCUT2D eigenvalue weighted by atomic mass is 35.5. The number of halogens is 1. The summed E-state index contributed by atoms with van der Waals surface area (Å²) >= 11 is 0. The molecule has 0 aliphatic carbocycles. The van der Waals surface area contributed by atoms with E-state index in [4.69, 9.17) is 0 Å². The molecular formula is C17H27ClN4O2. The van der Waals surface area contributed by atoms with Crippen molar-refractivity contribution in [2.45, 2.75) is 26.3 Å². The molecule has 0 aromatic heterocycles. The van der Waals surface area contributed by atoms with Crippen LogP contribution >= 0.6 is 12.4 Å². The fourth-order valence-corrected chi connectivity index (χ4v) is 2.68. The first-order chi connectivity index (χ1) is 11.1. The molecule has 1 aromatic rings. The van der Waals surface area contributed by atoms with E-state index in [9.17, 15) is 9.59 Å². The van der Waals surface area contributed by atoms with Crippen LogP contribution in [0.15, 0.2) is 24.3 Å². The molecule has 1 heterocycles. The van der Waals surface area contributed by atoms with Crippen molar-refractivity contribution in [3.05, 3.63) is 29.8 Å². The van der Waals surface area contributed by atoms with Gasteiger partial charge in [-0.2, -0.15) is 0 Å². The van der Waals surface area contributed by atoms with Gasteiger partial charge in [-0.15, -0.1) is 12.4 Å². The van der Waals surface area contributed by atoms with Gasteiger partial charge in [0.1, 0.15) is 0 Å². The fourth-order valence-electron chi connectivity index (χ4n) is 2.68. The highest BCUT2D eigenvalue weighted by molar-refractivity contribution is 5.95. The van der Waals surface area contributed by atoms with Crippen LogP contribution < -0.4 is 16.0 Å². The zero-order chi connectivity index (χ0) is 16.7. The monoisotopic (exact) mass is 354 g/mol. The molecule has 6 nitrogen and oxygen atoms in total. The van der Waals surface area contributed by atoms with Gasteiger partial charge in [0.15, 0.2) is 0 Å². The molecule has 1 atom stereocenters. The van der Waals surface area contributed by atoms with Crippen molar-refractivity contribution in [2.75, 3.05) is 38.0 Å². The lowest BCUT2D eigenvalue weighted by atomic mass is 10.1. The number of piperazine rings is 1. The molecular weight excluding hydrogens is 328 g/mol. The number of amides is 2. The van der Waals surface area contributed by atoms with E-state index in [0.29, 0.717) is 12.6 Å². The van der Waals surface area contributed by atoms with Crippen molar-refractivity contribution in [3.8, 4) is 0 Å². The molecule has 2 rings (SSSR count). The lowest BCUT2D eigenvalue weighted by molar-refractivity contribution is -0.125. The van der Waals surface area contributed by atoms with Crippen LogP contribution in [0.3, 0.4) is 0 Å². The van der Waals surface area contributed by atoms with E-state index in [0.717, 1.165) is 37.3 Å². The number of rotatable bonds is 6. The standard InChI is InChI=1S/C17H26N4O2.ClH/c1-3-14-6-4-5-7-15(14)20-16(22)11-19-17(23)12-21-9-8-18-10-13(21)2;/h4-7,13,18H,3,8-12H2,1-2H3,(H,19,23)(H,20,22);1H/t13-;/m1./s1. The van der Waals surface area contributed by atoms with Crippen LogP contribution in [0.1, 0.15) is 19.4 Å². The Labute approximate surface area is 149 Å². The summed E-state index contributed by atoms with van der Waals surface area (Å²) in [5.74, 6) is -0.315. The summed E-state index contributed by atoms with van der Waals surface area (Å²) in [7, 11) is 0. The summed E-state index contributed by atoms with van der Waals surface area (Å²) in [5, 5.41) is 8.84. The van der Waals surface area contributed by atoms with Crippen LogP contribution in [0, 0.1) is 0 Å². The number of carbonyl (C=O) groups is 2. The minimum Gasteiger partial charge on any atom is -0.346 e. The maximum absolute atomic E-state index is 12.0. The Bertz CT molecular complexity index is 553. The molecule has 2 amide bonds. The van der Waals surface area contributed by atoms with Crippen molar-refractivity contribution in [1.29, 1.82) is 0 Å². The topological polar surface area (TPSA) is 73.5 Å². The molecule has 7 heteroatoms. The van der Waals surface area contributed by atoms with E-state index in [2.05, 4.69) is 27.8 Å². The Kier molecular flexibility index (Phi) is 8.74. The third kappa shape index (κ3) is 6.11. The number of hydrogen-bond acceptors (Lipinski definition) is 4. The maximum Gasteiger partial charge on any atom is 0.243 e. The van der Waals surface area contributed by atoms with Gasteiger partial charge in [-0.3, -0.25) is 14.5 Å². The van der Waals surface area contributed by atoms with E-state index in [1.54, 1.807) is 0 Å². The summed E-state index contributed by atoms with van der Waals surface area (Å²) in [4.78, 5) is 26.1. The van der Waals surface area contributed by atoms with Crippen LogP contribution in [0.25, 0.3) is 0 Å². The van der Waals surface area contributed by atoms with Gasteiger partial charge >= 0.3 is 0 Å². The molecule has 1 aromatic carbocycles. The van der Waals surface area contributed by atoms with E-state index < -0.39 is 0 Å². The van der Waals surface area contributed by atoms with Gasteiger partial charge in [0.05, 0.1) is 13.1 Å².